The molecule has 12 heavy (non-hydrogen) atoms. The summed E-state index contributed by atoms with van der Waals surface area (Å²) in [5.41, 5.74) is 1.36. The Labute approximate surface area is 82.1 Å². The average Bonchev–Trinajstić information content (AvgIpc) is 2.14. The largest absolute Gasteiger partial charge is 0.102 e. The molecule has 62 valence electrons. The standard InChI is InChI=1S/C11H11Br/c12-10-6-2-5-9-11-7-3-1-4-8-11/h1,3-4,7-8H,5,9-10H2. The predicted octanol–water partition coefficient (Wildman–Crippen LogP) is 3.02. The molecule has 0 bridgehead atoms. The van der Waals surface area contributed by atoms with E-state index in [0.29, 0.717) is 0 Å². The number of rotatable bonds is 2. The first-order valence-corrected chi connectivity index (χ1v) is 5.11. The van der Waals surface area contributed by atoms with Crippen molar-refractivity contribution >= 4 is 15.9 Å². The van der Waals surface area contributed by atoms with Crippen molar-refractivity contribution < 1.29 is 0 Å². The molecule has 0 nitrogen and oxygen atoms in total. The lowest BCUT2D eigenvalue weighted by Crippen LogP contribution is -1.81. The van der Waals surface area contributed by atoms with Gasteiger partial charge in [-0.3, -0.25) is 0 Å². The number of aryl methyl sites for hydroxylation is 1. The van der Waals surface area contributed by atoms with Gasteiger partial charge in [-0.2, -0.15) is 0 Å². The summed E-state index contributed by atoms with van der Waals surface area (Å²) in [5.74, 6) is 6.07. The van der Waals surface area contributed by atoms with Crippen LogP contribution in [0.4, 0.5) is 0 Å². The van der Waals surface area contributed by atoms with E-state index in [1.54, 1.807) is 0 Å². The van der Waals surface area contributed by atoms with Crippen LogP contribution in [0.2, 0.25) is 0 Å². The van der Waals surface area contributed by atoms with Crippen LogP contribution in [0.5, 0.6) is 0 Å². The van der Waals surface area contributed by atoms with Crippen molar-refractivity contribution in [1.29, 1.82) is 0 Å². The molecule has 0 atom stereocenters. The van der Waals surface area contributed by atoms with E-state index in [4.69, 9.17) is 0 Å². The minimum atomic E-state index is 0.780. The maximum Gasteiger partial charge on any atom is 0.0645 e. The zero-order valence-corrected chi connectivity index (χ0v) is 8.47. The summed E-state index contributed by atoms with van der Waals surface area (Å²) >= 11 is 3.26. The molecule has 0 aliphatic rings. The second-order valence-corrected chi connectivity index (χ2v) is 3.03. The van der Waals surface area contributed by atoms with Gasteiger partial charge >= 0.3 is 0 Å². The van der Waals surface area contributed by atoms with Gasteiger partial charge in [-0.25, -0.2) is 0 Å². The molecular weight excluding hydrogens is 212 g/mol. The third-order valence-electron chi connectivity index (χ3n) is 1.57. The molecule has 0 radical (unpaired) electrons. The molecule has 0 fully saturated rings. The van der Waals surface area contributed by atoms with Crippen LogP contribution in [0, 0.1) is 11.8 Å². The van der Waals surface area contributed by atoms with E-state index in [9.17, 15) is 0 Å². The highest BCUT2D eigenvalue weighted by Gasteiger charge is 1.86. The lowest BCUT2D eigenvalue weighted by molar-refractivity contribution is 1.03. The Kier molecular flexibility index (Phi) is 4.56. The summed E-state index contributed by atoms with van der Waals surface area (Å²) in [5, 5.41) is 0.780. The van der Waals surface area contributed by atoms with Crippen LogP contribution >= 0.6 is 15.9 Å². The topological polar surface area (TPSA) is 0 Å². The van der Waals surface area contributed by atoms with Crippen molar-refractivity contribution in [2.45, 2.75) is 12.8 Å². The summed E-state index contributed by atoms with van der Waals surface area (Å²) in [6.07, 6.45) is 2.01. The third-order valence-corrected chi connectivity index (χ3v) is 1.85. The van der Waals surface area contributed by atoms with Gasteiger partial charge in [0.2, 0.25) is 0 Å². The molecule has 1 rings (SSSR count). The molecule has 1 aromatic carbocycles. The monoisotopic (exact) mass is 222 g/mol. The fourth-order valence-electron chi connectivity index (χ4n) is 0.987. The van der Waals surface area contributed by atoms with Crippen molar-refractivity contribution in [1.82, 2.24) is 0 Å². The number of hydrogen-bond donors (Lipinski definition) is 0. The highest BCUT2D eigenvalue weighted by molar-refractivity contribution is 9.09. The zero-order chi connectivity index (χ0) is 8.65. The minimum Gasteiger partial charge on any atom is -0.102 e. The van der Waals surface area contributed by atoms with Crippen LogP contribution in [0.25, 0.3) is 0 Å². The molecule has 0 aliphatic carbocycles. The van der Waals surface area contributed by atoms with Crippen molar-refractivity contribution in [3.8, 4) is 11.8 Å². The SMILES string of the molecule is BrCC#CCCc1ccccc1. The normalized spacial score (nSPS) is 8.75. The van der Waals surface area contributed by atoms with Crippen LogP contribution in [0.1, 0.15) is 12.0 Å². The van der Waals surface area contributed by atoms with Crippen LogP contribution in [0.3, 0.4) is 0 Å². The quantitative estimate of drug-likeness (QED) is 0.534. The zero-order valence-electron chi connectivity index (χ0n) is 6.89. The molecule has 0 spiro atoms. The number of alkyl halides is 1. The van der Waals surface area contributed by atoms with E-state index in [2.05, 4.69) is 52.0 Å². The van der Waals surface area contributed by atoms with Crippen molar-refractivity contribution in [3.05, 3.63) is 35.9 Å². The van der Waals surface area contributed by atoms with Gasteiger partial charge in [-0.15, -0.1) is 5.92 Å². The molecule has 0 aromatic heterocycles. The summed E-state index contributed by atoms with van der Waals surface area (Å²) in [6.45, 7) is 0. The van der Waals surface area contributed by atoms with Crippen molar-refractivity contribution in [2.75, 3.05) is 5.33 Å². The fraction of sp³-hybridized carbons (Fsp3) is 0.273. The van der Waals surface area contributed by atoms with Crippen LogP contribution in [-0.2, 0) is 6.42 Å². The van der Waals surface area contributed by atoms with Gasteiger partial charge in [0.05, 0.1) is 5.33 Å². The summed E-state index contributed by atoms with van der Waals surface area (Å²) in [7, 11) is 0. The molecule has 1 heteroatoms. The smallest absolute Gasteiger partial charge is 0.0645 e. The molecule has 1 aromatic rings. The third kappa shape index (κ3) is 3.59. The summed E-state index contributed by atoms with van der Waals surface area (Å²) in [6, 6.07) is 10.4. The van der Waals surface area contributed by atoms with Gasteiger partial charge in [0.1, 0.15) is 0 Å². The average molecular weight is 223 g/mol. The van der Waals surface area contributed by atoms with E-state index in [0.717, 1.165) is 18.2 Å². The maximum absolute atomic E-state index is 3.26. The van der Waals surface area contributed by atoms with Gasteiger partial charge in [0, 0.05) is 6.42 Å². The van der Waals surface area contributed by atoms with E-state index in [1.165, 1.54) is 5.56 Å². The van der Waals surface area contributed by atoms with E-state index >= 15 is 0 Å². The van der Waals surface area contributed by atoms with E-state index in [-0.39, 0.29) is 0 Å². The number of halogens is 1. The Bertz CT molecular complexity index is 266. The minimum absolute atomic E-state index is 0.780. The summed E-state index contributed by atoms with van der Waals surface area (Å²) in [4.78, 5) is 0. The second kappa shape index (κ2) is 5.85. The molecule has 0 unspecified atom stereocenters. The van der Waals surface area contributed by atoms with Crippen LogP contribution in [0.15, 0.2) is 30.3 Å². The lowest BCUT2D eigenvalue weighted by Gasteiger charge is -1.94. The first-order valence-electron chi connectivity index (χ1n) is 3.99. The molecule has 0 N–H and O–H groups in total. The molecule has 0 saturated carbocycles. The van der Waals surface area contributed by atoms with Gasteiger partial charge < -0.3 is 0 Å². The summed E-state index contributed by atoms with van der Waals surface area (Å²) < 4.78 is 0. The first-order chi connectivity index (χ1) is 5.93. The van der Waals surface area contributed by atoms with E-state index in [1.807, 2.05) is 6.07 Å². The molecule has 0 amide bonds. The Morgan fingerprint density at radius 3 is 2.50 bits per heavy atom. The molecule has 0 saturated heterocycles. The second-order valence-electron chi connectivity index (χ2n) is 2.47. The number of hydrogen-bond acceptors (Lipinski definition) is 0. The Hall–Kier alpha value is -0.740. The Morgan fingerprint density at radius 2 is 1.83 bits per heavy atom. The molecular formula is C11H11Br. The van der Waals surface area contributed by atoms with Gasteiger partial charge in [0.15, 0.2) is 0 Å². The maximum atomic E-state index is 3.26. The lowest BCUT2D eigenvalue weighted by atomic mass is 10.1. The Balaban J connectivity index is 2.34. The highest BCUT2D eigenvalue weighted by Crippen LogP contribution is 2.00. The van der Waals surface area contributed by atoms with Crippen molar-refractivity contribution in [2.24, 2.45) is 0 Å². The van der Waals surface area contributed by atoms with Crippen LogP contribution < -0.4 is 0 Å². The van der Waals surface area contributed by atoms with Gasteiger partial charge in [0.25, 0.3) is 0 Å². The predicted molar refractivity (Wildman–Crippen MR) is 56.3 cm³/mol. The fourth-order valence-corrected chi connectivity index (χ4v) is 1.19. The molecule has 0 heterocycles. The molecule has 0 aliphatic heterocycles. The highest BCUT2D eigenvalue weighted by atomic mass is 79.9. The van der Waals surface area contributed by atoms with Gasteiger partial charge in [-0.05, 0) is 12.0 Å². The van der Waals surface area contributed by atoms with Crippen molar-refractivity contribution in [3.63, 3.8) is 0 Å². The van der Waals surface area contributed by atoms with Crippen LogP contribution in [-0.4, -0.2) is 5.33 Å². The van der Waals surface area contributed by atoms with E-state index < -0.39 is 0 Å². The van der Waals surface area contributed by atoms with Gasteiger partial charge in [-0.1, -0.05) is 52.2 Å². The first kappa shape index (κ1) is 9.35. The Morgan fingerprint density at radius 1 is 1.08 bits per heavy atom. The number of benzene rings is 1.